The Hall–Kier alpha value is -2.58. The number of nitrogens with zero attached hydrogens (tertiary/aromatic N) is 2. The molecule has 1 amide bonds. The lowest BCUT2D eigenvalue weighted by atomic mass is 10.1. The van der Waals surface area contributed by atoms with Gasteiger partial charge in [-0.15, -0.1) is 10.2 Å². The van der Waals surface area contributed by atoms with E-state index in [0.29, 0.717) is 22.2 Å². The number of hydrogen-bond donors (Lipinski definition) is 1. The molecule has 0 unspecified atom stereocenters. The molecule has 0 aliphatic carbocycles. The maximum absolute atomic E-state index is 12.6. The van der Waals surface area contributed by atoms with E-state index in [9.17, 15) is 4.79 Å². The molecule has 3 rings (SSSR count). The Balaban J connectivity index is 1.66. The van der Waals surface area contributed by atoms with Crippen LogP contribution in [0.2, 0.25) is 0 Å². The molecular weight excluding hydrogens is 394 g/mol. The smallest absolute Gasteiger partial charge is 0.261 e. The molecule has 0 saturated heterocycles. The molecule has 3 aromatic rings. The summed E-state index contributed by atoms with van der Waals surface area (Å²) in [5.74, 6) is 1.56. The standard InChI is InChI=1S/C20H21N3O3S2/c1-12-5-6-13(2)14(9-12)11-27-20-23-22-19(28-20)21-18(24)16-8-7-15(25-3)10-17(16)26-4/h5-10H,11H2,1-4H3,(H,21,22,24). The van der Waals surface area contributed by atoms with E-state index >= 15 is 0 Å². The molecule has 146 valence electrons. The van der Waals surface area contributed by atoms with Gasteiger partial charge in [0.2, 0.25) is 5.13 Å². The van der Waals surface area contributed by atoms with Gasteiger partial charge in [-0.25, -0.2) is 0 Å². The van der Waals surface area contributed by atoms with E-state index in [0.717, 1.165) is 10.1 Å². The second-order valence-electron chi connectivity index (χ2n) is 6.11. The van der Waals surface area contributed by atoms with Crippen molar-refractivity contribution < 1.29 is 14.3 Å². The lowest BCUT2D eigenvalue weighted by Crippen LogP contribution is -2.13. The number of amides is 1. The summed E-state index contributed by atoms with van der Waals surface area (Å²) in [7, 11) is 3.08. The van der Waals surface area contributed by atoms with Gasteiger partial charge in [-0.05, 0) is 37.1 Å². The zero-order valence-electron chi connectivity index (χ0n) is 16.1. The number of hydrogen-bond acceptors (Lipinski definition) is 7. The molecule has 6 nitrogen and oxygen atoms in total. The van der Waals surface area contributed by atoms with Gasteiger partial charge in [0, 0.05) is 11.8 Å². The van der Waals surface area contributed by atoms with E-state index in [1.54, 1.807) is 37.1 Å². The zero-order chi connectivity index (χ0) is 20.1. The zero-order valence-corrected chi connectivity index (χ0v) is 17.7. The second kappa shape index (κ2) is 9.07. The largest absolute Gasteiger partial charge is 0.497 e. The Morgan fingerprint density at radius 1 is 1.11 bits per heavy atom. The van der Waals surface area contributed by atoms with Crippen LogP contribution in [-0.2, 0) is 5.75 Å². The Morgan fingerprint density at radius 3 is 2.68 bits per heavy atom. The molecule has 0 aliphatic heterocycles. The number of thioether (sulfide) groups is 1. The van der Waals surface area contributed by atoms with Crippen LogP contribution in [0.15, 0.2) is 40.7 Å². The van der Waals surface area contributed by atoms with Crippen molar-refractivity contribution >= 4 is 34.1 Å². The number of rotatable bonds is 7. The second-order valence-corrected chi connectivity index (χ2v) is 8.31. The van der Waals surface area contributed by atoms with E-state index in [4.69, 9.17) is 9.47 Å². The summed E-state index contributed by atoms with van der Waals surface area (Å²) in [4.78, 5) is 12.6. The van der Waals surface area contributed by atoms with Gasteiger partial charge in [-0.1, -0.05) is 46.9 Å². The molecule has 1 heterocycles. The minimum absolute atomic E-state index is 0.304. The summed E-state index contributed by atoms with van der Waals surface area (Å²) in [5.41, 5.74) is 4.17. The third-order valence-corrected chi connectivity index (χ3v) is 6.16. The Bertz CT molecular complexity index is 989. The molecule has 0 atom stereocenters. The SMILES string of the molecule is COc1ccc(C(=O)Nc2nnc(SCc3cc(C)ccc3C)s2)c(OC)c1. The Kier molecular flexibility index (Phi) is 6.53. The monoisotopic (exact) mass is 415 g/mol. The third kappa shape index (κ3) is 4.82. The number of aromatic nitrogens is 2. The van der Waals surface area contributed by atoms with Crippen LogP contribution in [0.1, 0.15) is 27.0 Å². The topological polar surface area (TPSA) is 73.3 Å². The highest BCUT2D eigenvalue weighted by Crippen LogP contribution is 2.30. The summed E-state index contributed by atoms with van der Waals surface area (Å²) in [6.07, 6.45) is 0. The minimum Gasteiger partial charge on any atom is -0.497 e. The maximum Gasteiger partial charge on any atom is 0.261 e. The van der Waals surface area contributed by atoms with Crippen molar-refractivity contribution in [2.24, 2.45) is 0 Å². The number of carbonyl (C=O) groups is 1. The molecule has 1 aromatic heterocycles. The van der Waals surface area contributed by atoms with Gasteiger partial charge in [0.05, 0.1) is 19.8 Å². The number of methoxy groups -OCH3 is 2. The van der Waals surface area contributed by atoms with Crippen molar-refractivity contribution in [2.75, 3.05) is 19.5 Å². The van der Waals surface area contributed by atoms with Crippen LogP contribution in [0.25, 0.3) is 0 Å². The number of nitrogens with one attached hydrogen (secondary N) is 1. The number of ether oxygens (including phenoxy) is 2. The van der Waals surface area contributed by atoms with E-state index < -0.39 is 0 Å². The molecule has 0 aliphatic rings. The van der Waals surface area contributed by atoms with Gasteiger partial charge in [-0.2, -0.15) is 0 Å². The lowest BCUT2D eigenvalue weighted by Gasteiger charge is -2.09. The highest BCUT2D eigenvalue weighted by Gasteiger charge is 2.16. The van der Waals surface area contributed by atoms with Crippen LogP contribution >= 0.6 is 23.1 Å². The predicted octanol–water partition coefficient (Wildman–Crippen LogP) is 4.72. The Morgan fingerprint density at radius 2 is 1.93 bits per heavy atom. The average Bonchev–Trinajstić information content (AvgIpc) is 3.15. The fourth-order valence-corrected chi connectivity index (χ4v) is 4.37. The highest BCUT2D eigenvalue weighted by atomic mass is 32.2. The van der Waals surface area contributed by atoms with Crippen LogP contribution in [0.3, 0.4) is 0 Å². The van der Waals surface area contributed by atoms with E-state index in [2.05, 4.69) is 47.6 Å². The number of benzene rings is 2. The van der Waals surface area contributed by atoms with Crippen LogP contribution in [0, 0.1) is 13.8 Å². The van der Waals surface area contributed by atoms with Gasteiger partial charge in [0.1, 0.15) is 11.5 Å². The van der Waals surface area contributed by atoms with Crippen molar-refractivity contribution in [2.45, 2.75) is 23.9 Å². The molecule has 28 heavy (non-hydrogen) atoms. The number of aryl methyl sites for hydroxylation is 2. The first-order valence-corrected chi connectivity index (χ1v) is 10.4. The first-order chi connectivity index (χ1) is 13.5. The first kappa shape index (κ1) is 20.2. The third-order valence-electron chi connectivity index (χ3n) is 4.14. The molecule has 1 N–H and O–H groups in total. The van der Waals surface area contributed by atoms with Gasteiger partial charge in [0.15, 0.2) is 4.34 Å². The minimum atomic E-state index is -0.304. The normalized spacial score (nSPS) is 10.6. The van der Waals surface area contributed by atoms with Gasteiger partial charge in [0.25, 0.3) is 5.91 Å². The summed E-state index contributed by atoms with van der Waals surface area (Å²) in [6, 6.07) is 11.4. The molecular formula is C20H21N3O3S2. The number of anilines is 1. The van der Waals surface area contributed by atoms with Crippen LogP contribution in [0.4, 0.5) is 5.13 Å². The molecule has 0 bridgehead atoms. The van der Waals surface area contributed by atoms with Gasteiger partial charge < -0.3 is 9.47 Å². The predicted molar refractivity (Wildman–Crippen MR) is 113 cm³/mol. The van der Waals surface area contributed by atoms with Crippen LogP contribution in [-0.4, -0.2) is 30.3 Å². The highest BCUT2D eigenvalue weighted by molar-refractivity contribution is 8.00. The van der Waals surface area contributed by atoms with Crippen LogP contribution < -0.4 is 14.8 Å². The molecule has 0 fully saturated rings. The fourth-order valence-electron chi connectivity index (χ4n) is 2.56. The molecule has 0 spiro atoms. The molecule has 0 radical (unpaired) electrons. The van der Waals surface area contributed by atoms with Crippen molar-refractivity contribution in [3.8, 4) is 11.5 Å². The fraction of sp³-hybridized carbons (Fsp3) is 0.250. The van der Waals surface area contributed by atoms with E-state index in [1.807, 2.05) is 0 Å². The van der Waals surface area contributed by atoms with Crippen LogP contribution in [0.5, 0.6) is 11.5 Å². The molecule has 0 saturated carbocycles. The lowest BCUT2D eigenvalue weighted by molar-refractivity contribution is 0.102. The first-order valence-electron chi connectivity index (χ1n) is 8.56. The van der Waals surface area contributed by atoms with Crippen molar-refractivity contribution in [1.29, 1.82) is 0 Å². The Labute approximate surface area is 172 Å². The summed E-state index contributed by atoms with van der Waals surface area (Å²) >= 11 is 2.95. The van der Waals surface area contributed by atoms with Crippen molar-refractivity contribution in [3.05, 3.63) is 58.7 Å². The van der Waals surface area contributed by atoms with E-state index in [1.165, 1.54) is 35.1 Å². The van der Waals surface area contributed by atoms with E-state index in [-0.39, 0.29) is 5.91 Å². The van der Waals surface area contributed by atoms with Crippen molar-refractivity contribution in [3.63, 3.8) is 0 Å². The quantitative estimate of drug-likeness (QED) is 0.445. The van der Waals surface area contributed by atoms with Gasteiger partial charge >= 0.3 is 0 Å². The van der Waals surface area contributed by atoms with Crippen molar-refractivity contribution in [1.82, 2.24) is 10.2 Å². The summed E-state index contributed by atoms with van der Waals surface area (Å²) < 4.78 is 11.2. The maximum atomic E-state index is 12.6. The summed E-state index contributed by atoms with van der Waals surface area (Å²) in [6.45, 7) is 4.18. The summed E-state index contributed by atoms with van der Waals surface area (Å²) in [5, 5.41) is 11.5. The number of carbonyl (C=O) groups excluding carboxylic acids is 1. The van der Waals surface area contributed by atoms with Gasteiger partial charge in [-0.3, -0.25) is 10.1 Å². The average molecular weight is 416 g/mol. The molecule has 2 aromatic carbocycles. The molecule has 8 heteroatoms.